The van der Waals surface area contributed by atoms with Crippen molar-refractivity contribution in [2.45, 2.75) is 6.92 Å². The number of rotatable bonds is 7. The number of ether oxygens (including phenoxy) is 1. The van der Waals surface area contributed by atoms with E-state index in [1.165, 1.54) is 23.5 Å². The second kappa shape index (κ2) is 9.80. The normalized spacial score (nSPS) is 11.7. The van der Waals surface area contributed by atoms with Crippen LogP contribution in [0.25, 0.3) is 10.2 Å². The Morgan fingerprint density at radius 3 is 2.56 bits per heavy atom. The molecule has 0 aliphatic rings. The number of fused-ring (bicyclic) bond motifs is 1. The molecule has 0 aliphatic carbocycles. The molecule has 0 fully saturated rings. The average molecular weight is 446 g/mol. The number of benzene rings is 3. The first kappa shape index (κ1) is 21.1. The van der Waals surface area contributed by atoms with E-state index in [1.54, 1.807) is 18.3 Å². The van der Waals surface area contributed by atoms with Crippen molar-refractivity contribution in [1.29, 1.82) is 0 Å². The van der Waals surface area contributed by atoms with E-state index in [9.17, 15) is 10.1 Å². The summed E-state index contributed by atoms with van der Waals surface area (Å²) in [5.74, 6) is 1.27. The van der Waals surface area contributed by atoms with Crippen LogP contribution in [-0.4, -0.2) is 28.6 Å². The Labute approximate surface area is 188 Å². The van der Waals surface area contributed by atoms with E-state index in [0.29, 0.717) is 23.0 Å². The number of hydrazone groups is 1. The largest absolute Gasteiger partial charge is 0.494 e. The van der Waals surface area contributed by atoms with E-state index < -0.39 is 4.92 Å². The number of aromatic nitrogens is 1. The van der Waals surface area contributed by atoms with Gasteiger partial charge in [0.2, 0.25) is 0 Å². The van der Waals surface area contributed by atoms with Crippen LogP contribution in [0.2, 0.25) is 0 Å². The van der Waals surface area contributed by atoms with Gasteiger partial charge in [-0.1, -0.05) is 12.1 Å². The topological polar surface area (TPSA) is 102 Å². The quantitative estimate of drug-likeness (QED) is 0.180. The first-order valence-corrected chi connectivity index (χ1v) is 10.6. The third-order valence-electron chi connectivity index (χ3n) is 4.37. The van der Waals surface area contributed by atoms with Gasteiger partial charge in [-0.05, 0) is 61.0 Å². The number of aliphatic imine (C=N–C) groups is 1. The summed E-state index contributed by atoms with van der Waals surface area (Å²) in [6.07, 6.45) is 1.57. The molecule has 0 bridgehead atoms. The van der Waals surface area contributed by atoms with Crippen LogP contribution in [0.3, 0.4) is 0 Å². The molecule has 1 N–H and O–H groups in total. The fourth-order valence-corrected chi connectivity index (χ4v) is 3.76. The van der Waals surface area contributed by atoms with Gasteiger partial charge in [0.05, 0.1) is 33.6 Å². The van der Waals surface area contributed by atoms with Crippen molar-refractivity contribution in [1.82, 2.24) is 10.4 Å². The minimum absolute atomic E-state index is 0.0299. The molecule has 0 saturated carbocycles. The van der Waals surface area contributed by atoms with Gasteiger partial charge >= 0.3 is 0 Å². The molecule has 0 spiro atoms. The molecule has 4 rings (SSSR count). The molecule has 8 nitrogen and oxygen atoms in total. The van der Waals surface area contributed by atoms with E-state index in [0.717, 1.165) is 21.7 Å². The molecule has 1 aromatic heterocycles. The van der Waals surface area contributed by atoms with Crippen molar-refractivity contribution in [3.63, 3.8) is 0 Å². The molecular formula is C23H19N5O3S. The van der Waals surface area contributed by atoms with E-state index >= 15 is 0 Å². The summed E-state index contributed by atoms with van der Waals surface area (Å²) in [5.41, 5.74) is 5.32. The second-order valence-corrected chi connectivity index (χ2v) is 7.62. The Hall–Kier alpha value is -4.11. The van der Waals surface area contributed by atoms with Gasteiger partial charge in [0.15, 0.2) is 10.8 Å². The van der Waals surface area contributed by atoms with Crippen LogP contribution in [0.1, 0.15) is 17.5 Å². The molecule has 0 aliphatic heterocycles. The molecule has 0 amide bonds. The van der Waals surface area contributed by atoms with Crippen LogP contribution in [0.5, 0.6) is 5.75 Å². The molecular weight excluding hydrogens is 426 g/mol. The van der Waals surface area contributed by atoms with Gasteiger partial charge in [-0.25, -0.2) is 9.98 Å². The zero-order valence-corrected chi connectivity index (χ0v) is 18.0. The zero-order chi connectivity index (χ0) is 22.3. The number of para-hydroxylation sites is 1. The van der Waals surface area contributed by atoms with Gasteiger partial charge in [-0.3, -0.25) is 15.5 Å². The summed E-state index contributed by atoms with van der Waals surface area (Å²) in [6, 6.07) is 21.4. The maximum absolute atomic E-state index is 10.8. The van der Waals surface area contributed by atoms with Crippen LogP contribution in [-0.2, 0) is 0 Å². The molecule has 0 atom stereocenters. The Kier molecular flexibility index (Phi) is 6.47. The fourth-order valence-electron chi connectivity index (χ4n) is 2.86. The Morgan fingerprint density at radius 2 is 1.88 bits per heavy atom. The molecule has 3 aromatic carbocycles. The second-order valence-electron chi connectivity index (χ2n) is 6.59. The smallest absolute Gasteiger partial charge is 0.269 e. The zero-order valence-electron chi connectivity index (χ0n) is 17.1. The Morgan fingerprint density at radius 1 is 1.12 bits per heavy atom. The molecule has 160 valence electrons. The molecule has 4 aromatic rings. The monoisotopic (exact) mass is 445 g/mol. The van der Waals surface area contributed by atoms with Crippen molar-refractivity contribution >= 4 is 45.0 Å². The number of nitro groups is 1. The van der Waals surface area contributed by atoms with Gasteiger partial charge in [0.1, 0.15) is 5.75 Å². The highest BCUT2D eigenvalue weighted by molar-refractivity contribution is 7.20. The molecule has 0 unspecified atom stereocenters. The van der Waals surface area contributed by atoms with Gasteiger partial charge in [-0.15, -0.1) is 11.3 Å². The lowest BCUT2D eigenvalue weighted by Gasteiger charge is -2.05. The van der Waals surface area contributed by atoms with Crippen molar-refractivity contribution in [2.24, 2.45) is 10.1 Å². The standard InChI is InChI=1S/C23H19N5O3S/c1-2-31-19-13-9-17(10-14-19)25-22(23-26-20-5-3-4-6-21(20)32-23)27-24-15-16-7-11-18(12-8-16)28(29)30/h3-15H,2H2,1H3,(H,25,27). The maximum Gasteiger partial charge on any atom is 0.269 e. The number of hydrogen-bond acceptors (Lipinski definition) is 7. The number of nitrogens with one attached hydrogen (secondary N) is 1. The van der Waals surface area contributed by atoms with Gasteiger partial charge in [0, 0.05) is 12.1 Å². The minimum atomic E-state index is -0.437. The highest BCUT2D eigenvalue weighted by Gasteiger charge is 2.11. The lowest BCUT2D eigenvalue weighted by atomic mass is 10.2. The first-order valence-electron chi connectivity index (χ1n) is 9.83. The molecule has 32 heavy (non-hydrogen) atoms. The number of amidine groups is 1. The van der Waals surface area contributed by atoms with Crippen LogP contribution in [0, 0.1) is 10.1 Å². The maximum atomic E-state index is 10.8. The van der Waals surface area contributed by atoms with Gasteiger partial charge in [0.25, 0.3) is 5.69 Å². The van der Waals surface area contributed by atoms with E-state index in [1.807, 2.05) is 55.5 Å². The first-order chi connectivity index (χ1) is 15.6. The fraction of sp³-hybridized carbons (Fsp3) is 0.0870. The molecule has 0 radical (unpaired) electrons. The van der Waals surface area contributed by atoms with Crippen molar-refractivity contribution < 1.29 is 9.66 Å². The molecule has 0 saturated heterocycles. The highest BCUT2D eigenvalue weighted by atomic mass is 32.1. The van der Waals surface area contributed by atoms with Gasteiger partial charge in [-0.2, -0.15) is 5.10 Å². The van der Waals surface area contributed by atoms with E-state index in [2.05, 4.69) is 20.5 Å². The SMILES string of the molecule is CCOc1ccc(N=C(NN=Cc2ccc([N+](=O)[O-])cc2)c2nc3ccccc3s2)cc1. The number of nitrogens with zero attached hydrogens (tertiary/aromatic N) is 4. The van der Waals surface area contributed by atoms with Crippen molar-refractivity contribution in [3.8, 4) is 5.75 Å². The summed E-state index contributed by atoms with van der Waals surface area (Å²) < 4.78 is 6.53. The van der Waals surface area contributed by atoms with Crippen molar-refractivity contribution in [2.75, 3.05) is 6.61 Å². The Bertz CT molecular complexity index is 1250. The van der Waals surface area contributed by atoms with Crippen LogP contribution in [0.15, 0.2) is 82.9 Å². The minimum Gasteiger partial charge on any atom is -0.494 e. The lowest BCUT2D eigenvalue weighted by molar-refractivity contribution is -0.384. The number of nitro benzene ring substituents is 1. The predicted molar refractivity (Wildman–Crippen MR) is 127 cm³/mol. The number of thiazole rings is 1. The number of non-ortho nitro benzene ring substituents is 1. The van der Waals surface area contributed by atoms with Crippen LogP contribution >= 0.6 is 11.3 Å². The van der Waals surface area contributed by atoms with Crippen molar-refractivity contribution in [3.05, 3.63) is 93.5 Å². The average Bonchev–Trinajstić information content (AvgIpc) is 3.24. The molecule has 9 heteroatoms. The number of hydrogen-bond donors (Lipinski definition) is 1. The highest BCUT2D eigenvalue weighted by Crippen LogP contribution is 2.24. The Balaban J connectivity index is 1.61. The van der Waals surface area contributed by atoms with E-state index in [4.69, 9.17) is 4.74 Å². The van der Waals surface area contributed by atoms with Gasteiger partial charge < -0.3 is 4.74 Å². The lowest BCUT2D eigenvalue weighted by Crippen LogP contribution is -2.18. The predicted octanol–water partition coefficient (Wildman–Crippen LogP) is 5.31. The third kappa shape index (κ3) is 5.13. The van der Waals surface area contributed by atoms with Crippen LogP contribution in [0.4, 0.5) is 11.4 Å². The summed E-state index contributed by atoms with van der Waals surface area (Å²) in [4.78, 5) is 19.7. The van der Waals surface area contributed by atoms with E-state index in [-0.39, 0.29) is 5.69 Å². The summed E-state index contributed by atoms with van der Waals surface area (Å²) in [6.45, 7) is 2.53. The molecule has 1 heterocycles. The third-order valence-corrected chi connectivity index (χ3v) is 5.42. The summed E-state index contributed by atoms with van der Waals surface area (Å²) in [7, 11) is 0. The summed E-state index contributed by atoms with van der Waals surface area (Å²) >= 11 is 1.51. The van der Waals surface area contributed by atoms with Crippen LogP contribution < -0.4 is 10.2 Å². The summed E-state index contributed by atoms with van der Waals surface area (Å²) in [5, 5.41) is 15.8.